The van der Waals surface area contributed by atoms with Crippen LogP contribution in [0, 0.1) is 6.92 Å². The molecule has 4 rings (SSSR count). The van der Waals surface area contributed by atoms with Crippen LogP contribution in [-0.4, -0.2) is 67.5 Å². The van der Waals surface area contributed by atoms with Crippen molar-refractivity contribution in [1.29, 1.82) is 0 Å². The normalized spacial score (nSPS) is 13.8. The Hall–Kier alpha value is -3.08. The zero-order valence-corrected chi connectivity index (χ0v) is 21.4. The molecular weight excluding hydrogens is 466 g/mol. The zero-order chi connectivity index (χ0) is 25.3. The first kappa shape index (κ1) is 25.0. The molecule has 0 saturated carbocycles. The maximum absolute atomic E-state index is 13.1. The fourth-order valence-electron chi connectivity index (χ4n) is 4.82. The van der Waals surface area contributed by atoms with E-state index in [-0.39, 0.29) is 16.7 Å². The average molecular weight is 500 g/mol. The number of amides is 1. The molecule has 10 heteroatoms. The summed E-state index contributed by atoms with van der Waals surface area (Å²) in [7, 11) is -2.29. The van der Waals surface area contributed by atoms with E-state index in [2.05, 4.69) is 38.8 Å². The number of nitrogens with one attached hydrogen (secondary N) is 4. The summed E-state index contributed by atoms with van der Waals surface area (Å²) in [6.45, 7) is 9.30. The number of aromatic hydroxyl groups is 1. The highest BCUT2D eigenvalue weighted by atomic mass is 32.2. The van der Waals surface area contributed by atoms with Gasteiger partial charge in [0.15, 0.2) is 5.88 Å². The van der Waals surface area contributed by atoms with E-state index < -0.39 is 10.0 Å². The Balaban J connectivity index is 1.72. The Morgan fingerprint density at radius 2 is 1.94 bits per heavy atom. The number of aromatic nitrogens is 2. The molecule has 0 atom stereocenters. The molecule has 1 amide bonds. The lowest BCUT2D eigenvalue weighted by molar-refractivity contribution is 0.0947. The van der Waals surface area contributed by atoms with Crippen LogP contribution in [0.1, 0.15) is 53.1 Å². The van der Waals surface area contributed by atoms with Gasteiger partial charge >= 0.3 is 0 Å². The van der Waals surface area contributed by atoms with E-state index in [9.17, 15) is 18.3 Å². The van der Waals surface area contributed by atoms with Gasteiger partial charge in [-0.15, -0.1) is 0 Å². The van der Waals surface area contributed by atoms with Gasteiger partial charge in [0.2, 0.25) is 10.0 Å². The lowest BCUT2D eigenvalue weighted by Crippen LogP contribution is -2.35. The van der Waals surface area contributed by atoms with Crippen LogP contribution in [0.2, 0.25) is 0 Å². The predicted molar refractivity (Wildman–Crippen MR) is 137 cm³/mol. The molecule has 3 aromatic rings. The molecule has 0 aliphatic heterocycles. The first-order valence-corrected chi connectivity index (χ1v) is 13.4. The van der Waals surface area contributed by atoms with Gasteiger partial charge in [-0.3, -0.25) is 4.79 Å². The molecule has 0 spiro atoms. The summed E-state index contributed by atoms with van der Waals surface area (Å²) >= 11 is 0. The van der Waals surface area contributed by atoms with Crippen LogP contribution in [-0.2, 0) is 16.4 Å². The SMILES string of the molecule is CCN(CC)CCNC(=O)c1c(C)[nH]c2c1CCC=C2c1c(O)[nH]c2ccc(S(=O)(=O)NC)cc12. The van der Waals surface area contributed by atoms with Crippen LogP contribution < -0.4 is 10.0 Å². The van der Waals surface area contributed by atoms with Crippen molar-refractivity contribution in [1.82, 2.24) is 24.9 Å². The highest BCUT2D eigenvalue weighted by Crippen LogP contribution is 2.41. The summed E-state index contributed by atoms with van der Waals surface area (Å²) in [5.41, 5.74) is 4.99. The number of nitrogens with zero attached hydrogens (tertiary/aromatic N) is 1. The van der Waals surface area contributed by atoms with Crippen LogP contribution in [0.15, 0.2) is 29.2 Å². The van der Waals surface area contributed by atoms with Crippen molar-refractivity contribution in [2.75, 3.05) is 33.2 Å². The quantitative estimate of drug-likeness (QED) is 0.309. The number of fused-ring (bicyclic) bond motifs is 2. The fraction of sp³-hybridized carbons (Fsp3) is 0.400. The summed E-state index contributed by atoms with van der Waals surface area (Å²) in [4.78, 5) is 21.8. The second kappa shape index (κ2) is 9.88. The van der Waals surface area contributed by atoms with Gasteiger partial charge in [-0.1, -0.05) is 19.9 Å². The Bertz CT molecular complexity index is 1400. The Labute approximate surface area is 205 Å². The summed E-state index contributed by atoms with van der Waals surface area (Å²) in [6.07, 6.45) is 3.41. The molecule has 0 bridgehead atoms. The van der Waals surface area contributed by atoms with E-state index >= 15 is 0 Å². The van der Waals surface area contributed by atoms with Gasteiger partial charge in [0, 0.05) is 35.3 Å². The number of H-pyrrole nitrogens is 2. The molecule has 5 N–H and O–H groups in total. The largest absolute Gasteiger partial charge is 0.494 e. The minimum atomic E-state index is -3.65. The molecule has 188 valence electrons. The average Bonchev–Trinajstić information content (AvgIpc) is 3.36. The highest BCUT2D eigenvalue weighted by Gasteiger charge is 2.28. The molecule has 2 aromatic heterocycles. The number of hydrogen-bond acceptors (Lipinski definition) is 5. The lowest BCUT2D eigenvalue weighted by Gasteiger charge is -2.18. The van der Waals surface area contributed by atoms with Gasteiger partial charge in [0.1, 0.15) is 0 Å². The highest BCUT2D eigenvalue weighted by molar-refractivity contribution is 7.89. The van der Waals surface area contributed by atoms with Crippen LogP contribution in [0.4, 0.5) is 0 Å². The maximum Gasteiger partial charge on any atom is 0.253 e. The van der Waals surface area contributed by atoms with Crippen molar-refractivity contribution in [3.05, 3.63) is 52.4 Å². The molecule has 9 nitrogen and oxygen atoms in total. The van der Waals surface area contributed by atoms with Gasteiger partial charge in [-0.05, 0) is 63.7 Å². The fourth-order valence-corrected chi connectivity index (χ4v) is 5.58. The monoisotopic (exact) mass is 499 g/mol. The summed E-state index contributed by atoms with van der Waals surface area (Å²) in [5.74, 6) is -0.158. The zero-order valence-electron chi connectivity index (χ0n) is 20.6. The predicted octanol–water partition coefficient (Wildman–Crippen LogP) is 2.87. The Morgan fingerprint density at radius 1 is 1.20 bits per heavy atom. The van der Waals surface area contributed by atoms with E-state index in [1.807, 2.05) is 13.0 Å². The van der Waals surface area contributed by atoms with E-state index in [1.54, 1.807) is 12.1 Å². The van der Waals surface area contributed by atoms with Crippen LogP contribution in [0.5, 0.6) is 5.88 Å². The van der Waals surface area contributed by atoms with Crippen molar-refractivity contribution in [2.24, 2.45) is 0 Å². The molecule has 2 heterocycles. The number of aromatic amines is 2. The number of aryl methyl sites for hydroxylation is 1. The van der Waals surface area contributed by atoms with Crippen molar-refractivity contribution >= 4 is 32.4 Å². The smallest absolute Gasteiger partial charge is 0.253 e. The van der Waals surface area contributed by atoms with E-state index in [0.717, 1.165) is 42.2 Å². The molecular formula is C25H33N5O4S. The summed E-state index contributed by atoms with van der Waals surface area (Å²) < 4.78 is 27.1. The van der Waals surface area contributed by atoms with Gasteiger partial charge in [0.25, 0.3) is 5.91 Å². The maximum atomic E-state index is 13.1. The molecule has 1 aromatic carbocycles. The second-order valence-electron chi connectivity index (χ2n) is 8.68. The minimum absolute atomic E-state index is 0.0458. The third kappa shape index (κ3) is 4.61. The number of rotatable bonds is 9. The number of benzene rings is 1. The Kier molecular flexibility index (Phi) is 7.07. The molecule has 0 radical (unpaired) electrons. The minimum Gasteiger partial charge on any atom is -0.494 e. The Morgan fingerprint density at radius 3 is 2.63 bits per heavy atom. The number of sulfonamides is 1. The molecule has 0 unspecified atom stereocenters. The standard InChI is InChI=1S/C25H33N5O4S/c1-5-30(6-2)13-12-27-24(31)21-15(3)28-23-17(21)8-7-9-18(23)22-19-14-16(35(33,34)26-4)10-11-20(19)29-25(22)32/h9-11,14,26,28-29,32H,5-8,12-13H2,1-4H3,(H,27,31). The van der Waals surface area contributed by atoms with Crippen LogP contribution in [0.25, 0.3) is 16.5 Å². The summed E-state index contributed by atoms with van der Waals surface area (Å²) in [5, 5.41) is 14.4. The topological polar surface area (TPSA) is 130 Å². The van der Waals surface area contributed by atoms with E-state index in [0.29, 0.717) is 41.4 Å². The number of likely N-dealkylation sites (N-methyl/N-ethyl adjacent to an activating group) is 1. The number of hydrogen-bond donors (Lipinski definition) is 5. The first-order chi connectivity index (χ1) is 16.7. The molecule has 0 saturated heterocycles. The van der Waals surface area contributed by atoms with Gasteiger partial charge in [0.05, 0.1) is 21.7 Å². The van der Waals surface area contributed by atoms with E-state index in [1.165, 1.54) is 13.1 Å². The number of carbonyl (C=O) groups is 1. The third-order valence-electron chi connectivity index (χ3n) is 6.74. The van der Waals surface area contributed by atoms with Crippen LogP contribution in [0.3, 0.4) is 0 Å². The lowest BCUT2D eigenvalue weighted by atomic mass is 9.89. The number of carbonyl (C=O) groups excluding carboxylic acids is 1. The molecule has 0 fully saturated rings. The molecule has 1 aliphatic carbocycles. The van der Waals surface area contributed by atoms with Crippen molar-refractivity contribution < 1.29 is 18.3 Å². The van der Waals surface area contributed by atoms with Crippen LogP contribution >= 0.6 is 0 Å². The third-order valence-corrected chi connectivity index (χ3v) is 8.15. The second-order valence-corrected chi connectivity index (χ2v) is 10.6. The van der Waals surface area contributed by atoms with Crippen molar-refractivity contribution in [2.45, 2.75) is 38.5 Å². The van der Waals surface area contributed by atoms with E-state index in [4.69, 9.17) is 0 Å². The first-order valence-electron chi connectivity index (χ1n) is 11.9. The number of allylic oxidation sites excluding steroid dienone is 1. The molecule has 35 heavy (non-hydrogen) atoms. The van der Waals surface area contributed by atoms with Gasteiger partial charge < -0.3 is 25.3 Å². The van der Waals surface area contributed by atoms with Gasteiger partial charge in [-0.25, -0.2) is 13.1 Å². The van der Waals surface area contributed by atoms with Gasteiger partial charge in [-0.2, -0.15) is 0 Å². The summed E-state index contributed by atoms with van der Waals surface area (Å²) in [6, 6.07) is 4.69. The van der Waals surface area contributed by atoms with Crippen molar-refractivity contribution in [3.63, 3.8) is 0 Å². The van der Waals surface area contributed by atoms with Crippen molar-refractivity contribution in [3.8, 4) is 5.88 Å². The molecule has 1 aliphatic rings.